The molecule has 0 unspecified atom stereocenters. The lowest BCUT2D eigenvalue weighted by molar-refractivity contribution is -0.126. The van der Waals surface area contributed by atoms with Gasteiger partial charge in [0.2, 0.25) is 5.91 Å². The van der Waals surface area contributed by atoms with Gasteiger partial charge in [-0.15, -0.1) is 0 Å². The maximum absolute atomic E-state index is 12.5. The zero-order chi connectivity index (χ0) is 18.0. The molecule has 0 aliphatic carbocycles. The van der Waals surface area contributed by atoms with Gasteiger partial charge in [-0.1, -0.05) is 91.0 Å². The number of aryl methyl sites for hydroxylation is 1. The van der Waals surface area contributed by atoms with Crippen molar-refractivity contribution in [2.75, 3.05) is 0 Å². The Morgan fingerprint density at radius 3 is 1.54 bits per heavy atom. The first-order valence-electron chi connectivity index (χ1n) is 8.96. The predicted molar refractivity (Wildman–Crippen MR) is 105 cm³/mol. The zero-order valence-electron chi connectivity index (χ0n) is 14.8. The summed E-state index contributed by atoms with van der Waals surface area (Å²) < 4.78 is 0. The predicted octanol–water partition coefficient (Wildman–Crippen LogP) is 4.35. The number of rotatable bonds is 8. The van der Waals surface area contributed by atoms with Gasteiger partial charge < -0.3 is 0 Å². The number of hydrazine groups is 1. The standard InChI is InChI=1S/C23H24N2O/c26-23(17-16-20-10-4-1-5-11-20)24-25(18-21-12-6-2-7-13-21)19-22-14-8-3-9-15-22/h1-15H,16-19H2,(H,24,26). The molecule has 132 valence electrons. The summed E-state index contributed by atoms with van der Waals surface area (Å²) >= 11 is 0. The van der Waals surface area contributed by atoms with E-state index in [1.807, 2.05) is 59.6 Å². The van der Waals surface area contributed by atoms with E-state index in [0.717, 1.165) is 6.42 Å². The highest BCUT2D eigenvalue weighted by Gasteiger charge is 2.11. The lowest BCUT2D eigenvalue weighted by atomic mass is 10.1. The van der Waals surface area contributed by atoms with E-state index >= 15 is 0 Å². The smallest absolute Gasteiger partial charge is 0.234 e. The maximum Gasteiger partial charge on any atom is 0.234 e. The molecule has 0 bridgehead atoms. The van der Waals surface area contributed by atoms with Crippen LogP contribution in [0.15, 0.2) is 91.0 Å². The molecule has 3 aromatic rings. The Bertz CT molecular complexity index is 747. The fourth-order valence-corrected chi connectivity index (χ4v) is 2.88. The number of benzene rings is 3. The molecule has 0 fully saturated rings. The molecule has 0 radical (unpaired) electrons. The maximum atomic E-state index is 12.5. The van der Waals surface area contributed by atoms with Crippen molar-refractivity contribution in [3.8, 4) is 0 Å². The molecule has 3 aromatic carbocycles. The number of carbonyl (C=O) groups is 1. The zero-order valence-corrected chi connectivity index (χ0v) is 14.8. The van der Waals surface area contributed by atoms with Crippen molar-refractivity contribution in [3.05, 3.63) is 108 Å². The van der Waals surface area contributed by atoms with Gasteiger partial charge in [0, 0.05) is 19.5 Å². The number of hydrogen-bond acceptors (Lipinski definition) is 2. The van der Waals surface area contributed by atoms with Crippen LogP contribution in [-0.2, 0) is 24.3 Å². The summed E-state index contributed by atoms with van der Waals surface area (Å²) in [6, 6.07) is 30.5. The minimum absolute atomic E-state index is 0.0423. The van der Waals surface area contributed by atoms with E-state index in [1.165, 1.54) is 16.7 Å². The lowest BCUT2D eigenvalue weighted by Crippen LogP contribution is -2.41. The van der Waals surface area contributed by atoms with Gasteiger partial charge in [-0.05, 0) is 23.1 Å². The summed E-state index contributed by atoms with van der Waals surface area (Å²) in [5.74, 6) is 0.0423. The van der Waals surface area contributed by atoms with E-state index in [-0.39, 0.29) is 5.91 Å². The fourth-order valence-electron chi connectivity index (χ4n) is 2.88. The van der Waals surface area contributed by atoms with Crippen molar-refractivity contribution in [1.29, 1.82) is 0 Å². The monoisotopic (exact) mass is 344 g/mol. The van der Waals surface area contributed by atoms with E-state index in [1.54, 1.807) is 0 Å². The Balaban J connectivity index is 1.61. The molecule has 1 amide bonds. The van der Waals surface area contributed by atoms with Crippen molar-refractivity contribution in [1.82, 2.24) is 10.4 Å². The molecule has 0 atom stereocenters. The quantitative estimate of drug-likeness (QED) is 0.616. The molecular weight excluding hydrogens is 320 g/mol. The molecule has 0 saturated carbocycles. The number of nitrogens with zero attached hydrogens (tertiary/aromatic N) is 1. The minimum Gasteiger partial charge on any atom is -0.288 e. The van der Waals surface area contributed by atoms with Crippen LogP contribution in [-0.4, -0.2) is 10.9 Å². The Morgan fingerprint density at radius 1 is 0.654 bits per heavy atom. The molecule has 0 aromatic heterocycles. The van der Waals surface area contributed by atoms with Crippen LogP contribution in [0.3, 0.4) is 0 Å². The van der Waals surface area contributed by atoms with Crippen LogP contribution in [0.1, 0.15) is 23.1 Å². The normalized spacial score (nSPS) is 10.7. The van der Waals surface area contributed by atoms with Gasteiger partial charge >= 0.3 is 0 Å². The SMILES string of the molecule is O=C(CCc1ccccc1)NN(Cc1ccccc1)Cc1ccccc1. The Morgan fingerprint density at radius 2 is 1.08 bits per heavy atom. The fraction of sp³-hybridized carbons (Fsp3) is 0.174. The van der Waals surface area contributed by atoms with Gasteiger partial charge in [-0.2, -0.15) is 0 Å². The van der Waals surface area contributed by atoms with Crippen LogP contribution in [0.5, 0.6) is 0 Å². The summed E-state index contributed by atoms with van der Waals surface area (Å²) in [5, 5.41) is 1.98. The summed E-state index contributed by atoms with van der Waals surface area (Å²) in [6.07, 6.45) is 1.22. The van der Waals surface area contributed by atoms with E-state index in [2.05, 4.69) is 41.8 Å². The molecule has 3 nitrogen and oxygen atoms in total. The largest absolute Gasteiger partial charge is 0.288 e. The summed E-state index contributed by atoms with van der Waals surface area (Å²) in [5.41, 5.74) is 6.61. The number of amides is 1. The van der Waals surface area contributed by atoms with Gasteiger partial charge in [0.1, 0.15) is 0 Å². The Hall–Kier alpha value is -2.91. The highest BCUT2D eigenvalue weighted by atomic mass is 16.2. The number of hydrogen-bond donors (Lipinski definition) is 1. The Labute approximate surface area is 155 Å². The molecule has 26 heavy (non-hydrogen) atoms. The Kier molecular flexibility index (Phi) is 6.57. The second-order valence-corrected chi connectivity index (χ2v) is 6.35. The third-order valence-corrected chi connectivity index (χ3v) is 4.20. The highest BCUT2D eigenvalue weighted by molar-refractivity contribution is 5.75. The molecule has 0 aliphatic rings. The third-order valence-electron chi connectivity index (χ3n) is 4.20. The van der Waals surface area contributed by atoms with Crippen LogP contribution in [0.25, 0.3) is 0 Å². The first kappa shape index (κ1) is 17.9. The van der Waals surface area contributed by atoms with Gasteiger partial charge in [0.05, 0.1) is 0 Å². The molecular formula is C23H24N2O. The first-order valence-corrected chi connectivity index (χ1v) is 8.96. The molecule has 0 aliphatic heterocycles. The lowest BCUT2D eigenvalue weighted by Gasteiger charge is -2.23. The molecule has 3 heteroatoms. The van der Waals surface area contributed by atoms with Gasteiger partial charge in [-0.25, -0.2) is 5.01 Å². The third kappa shape index (κ3) is 5.87. The van der Waals surface area contributed by atoms with Gasteiger partial charge in [0.25, 0.3) is 0 Å². The van der Waals surface area contributed by atoms with E-state index < -0.39 is 0 Å². The van der Waals surface area contributed by atoms with Gasteiger partial charge in [0.15, 0.2) is 0 Å². The molecule has 3 rings (SSSR count). The van der Waals surface area contributed by atoms with Crippen LogP contribution < -0.4 is 5.43 Å². The second kappa shape index (κ2) is 9.54. The summed E-state index contributed by atoms with van der Waals surface area (Å²) in [4.78, 5) is 12.5. The van der Waals surface area contributed by atoms with Crippen LogP contribution in [0.4, 0.5) is 0 Å². The van der Waals surface area contributed by atoms with Crippen LogP contribution in [0.2, 0.25) is 0 Å². The van der Waals surface area contributed by atoms with Crippen LogP contribution in [0, 0.1) is 0 Å². The summed E-state index contributed by atoms with van der Waals surface area (Å²) in [7, 11) is 0. The topological polar surface area (TPSA) is 32.3 Å². The molecule has 1 N–H and O–H groups in total. The van der Waals surface area contributed by atoms with Crippen molar-refractivity contribution in [3.63, 3.8) is 0 Å². The molecule has 0 spiro atoms. The van der Waals surface area contributed by atoms with Crippen molar-refractivity contribution < 1.29 is 4.79 Å². The van der Waals surface area contributed by atoms with E-state index in [4.69, 9.17) is 0 Å². The van der Waals surface area contributed by atoms with Crippen molar-refractivity contribution >= 4 is 5.91 Å². The molecule has 0 heterocycles. The average Bonchev–Trinajstić information content (AvgIpc) is 2.69. The van der Waals surface area contributed by atoms with Crippen LogP contribution >= 0.6 is 0 Å². The number of nitrogens with one attached hydrogen (secondary N) is 1. The minimum atomic E-state index is 0.0423. The van der Waals surface area contributed by atoms with E-state index in [0.29, 0.717) is 19.5 Å². The average molecular weight is 344 g/mol. The van der Waals surface area contributed by atoms with Crippen molar-refractivity contribution in [2.45, 2.75) is 25.9 Å². The summed E-state index contributed by atoms with van der Waals surface area (Å²) in [6.45, 7) is 1.35. The van der Waals surface area contributed by atoms with Crippen molar-refractivity contribution in [2.24, 2.45) is 0 Å². The van der Waals surface area contributed by atoms with Gasteiger partial charge in [-0.3, -0.25) is 10.2 Å². The first-order chi connectivity index (χ1) is 12.8. The molecule has 0 saturated heterocycles. The second-order valence-electron chi connectivity index (χ2n) is 6.35. The number of carbonyl (C=O) groups excluding carboxylic acids is 1. The highest BCUT2D eigenvalue weighted by Crippen LogP contribution is 2.09. The van der Waals surface area contributed by atoms with E-state index in [9.17, 15) is 4.79 Å².